The Morgan fingerprint density at radius 2 is 1.67 bits per heavy atom. The molecule has 0 aliphatic rings. The van der Waals surface area contributed by atoms with Gasteiger partial charge in [0.15, 0.2) is 0 Å². The van der Waals surface area contributed by atoms with Crippen LogP contribution in [0.15, 0.2) is 60.7 Å². The molecule has 0 saturated heterocycles. The maximum atomic E-state index is 2.31. The van der Waals surface area contributed by atoms with Crippen molar-refractivity contribution in [2.45, 2.75) is 6.54 Å². The van der Waals surface area contributed by atoms with E-state index in [0.29, 0.717) is 0 Å². The Balaban J connectivity index is 1.86. The largest absolute Gasteiger partial charge is 0.362 e. The maximum absolute atomic E-state index is 2.31. The summed E-state index contributed by atoms with van der Waals surface area (Å²) in [4.78, 5) is 2.31. The first-order valence-electron chi connectivity index (χ1n) is 6.06. The van der Waals surface area contributed by atoms with Crippen molar-refractivity contribution >= 4 is 26.4 Å². The van der Waals surface area contributed by atoms with Crippen LogP contribution in [0.1, 0.15) is 5.56 Å². The third-order valence-electron chi connectivity index (χ3n) is 3.05. The molecular weight excluding hydrogens is 238 g/mol. The molecule has 0 N–H and O–H groups in total. The highest BCUT2D eigenvalue weighted by molar-refractivity contribution is 7.22. The smallest absolute Gasteiger partial charge is 0.0921 e. The molecule has 1 aromatic heterocycles. The topological polar surface area (TPSA) is 3.24 Å². The standard InChI is InChI=1S/C16H15NS/c1-17(12-13-7-3-2-4-8-13)16-11-14-9-5-6-10-15(14)18-16/h2-11H,12H2,1H3. The lowest BCUT2D eigenvalue weighted by molar-refractivity contribution is 0.935. The Morgan fingerprint density at radius 1 is 0.944 bits per heavy atom. The summed E-state index contributed by atoms with van der Waals surface area (Å²) in [5, 5.41) is 2.65. The molecule has 3 rings (SSSR count). The minimum absolute atomic E-state index is 0.952. The van der Waals surface area contributed by atoms with Crippen molar-refractivity contribution in [2.75, 3.05) is 11.9 Å². The van der Waals surface area contributed by atoms with E-state index in [-0.39, 0.29) is 0 Å². The summed E-state index contributed by atoms with van der Waals surface area (Å²) in [5.74, 6) is 0. The molecule has 1 heterocycles. The molecule has 0 aliphatic carbocycles. The number of rotatable bonds is 3. The van der Waals surface area contributed by atoms with Crippen molar-refractivity contribution in [2.24, 2.45) is 0 Å². The summed E-state index contributed by atoms with van der Waals surface area (Å²) in [5.41, 5.74) is 1.34. The third-order valence-corrected chi connectivity index (χ3v) is 4.28. The van der Waals surface area contributed by atoms with Gasteiger partial charge in [0, 0.05) is 18.3 Å². The highest BCUT2D eigenvalue weighted by Gasteiger charge is 2.06. The Hall–Kier alpha value is -1.80. The van der Waals surface area contributed by atoms with Crippen LogP contribution in [0, 0.1) is 0 Å². The molecule has 0 saturated carbocycles. The average Bonchev–Trinajstić information content (AvgIpc) is 2.84. The molecule has 2 aromatic carbocycles. The highest BCUT2D eigenvalue weighted by atomic mass is 32.1. The zero-order valence-corrected chi connectivity index (χ0v) is 11.2. The number of anilines is 1. The fourth-order valence-electron chi connectivity index (χ4n) is 2.09. The van der Waals surface area contributed by atoms with Gasteiger partial charge < -0.3 is 4.90 Å². The second kappa shape index (κ2) is 4.83. The Kier molecular flexibility index (Phi) is 3.03. The number of thiophene rings is 1. The second-order valence-electron chi connectivity index (χ2n) is 4.46. The molecule has 0 unspecified atom stereocenters. The van der Waals surface area contributed by atoms with Gasteiger partial charge in [-0.05, 0) is 23.1 Å². The van der Waals surface area contributed by atoms with Gasteiger partial charge in [0.25, 0.3) is 0 Å². The fourth-order valence-corrected chi connectivity index (χ4v) is 3.11. The molecular formula is C16H15NS. The molecule has 0 bridgehead atoms. The van der Waals surface area contributed by atoms with E-state index < -0.39 is 0 Å². The van der Waals surface area contributed by atoms with E-state index in [0.717, 1.165) is 6.54 Å². The summed E-state index contributed by atoms with van der Waals surface area (Å²) >= 11 is 1.85. The van der Waals surface area contributed by atoms with Crippen LogP contribution in [0.5, 0.6) is 0 Å². The van der Waals surface area contributed by atoms with Gasteiger partial charge in [-0.2, -0.15) is 0 Å². The lowest BCUT2D eigenvalue weighted by atomic mass is 10.2. The Morgan fingerprint density at radius 3 is 2.44 bits per heavy atom. The SMILES string of the molecule is CN(Cc1ccccc1)c1cc2ccccc2s1. The van der Waals surface area contributed by atoms with Crippen LogP contribution < -0.4 is 4.90 Å². The van der Waals surface area contributed by atoms with Crippen LogP contribution in [0.4, 0.5) is 5.00 Å². The number of hydrogen-bond acceptors (Lipinski definition) is 2. The van der Waals surface area contributed by atoms with Crippen molar-refractivity contribution < 1.29 is 0 Å². The van der Waals surface area contributed by atoms with Gasteiger partial charge >= 0.3 is 0 Å². The van der Waals surface area contributed by atoms with Crippen LogP contribution in [0.25, 0.3) is 10.1 Å². The molecule has 2 heteroatoms. The molecule has 0 fully saturated rings. The maximum Gasteiger partial charge on any atom is 0.0921 e. The first kappa shape index (κ1) is 11.3. The zero-order valence-electron chi connectivity index (χ0n) is 10.3. The van der Waals surface area contributed by atoms with Crippen LogP contribution in [-0.4, -0.2) is 7.05 Å². The normalized spacial score (nSPS) is 10.7. The lowest BCUT2D eigenvalue weighted by Gasteiger charge is -2.16. The van der Waals surface area contributed by atoms with Crippen LogP contribution in [0.2, 0.25) is 0 Å². The van der Waals surface area contributed by atoms with Crippen LogP contribution in [-0.2, 0) is 6.54 Å². The first-order chi connectivity index (χ1) is 8.83. The monoisotopic (exact) mass is 253 g/mol. The van der Waals surface area contributed by atoms with E-state index in [4.69, 9.17) is 0 Å². The summed E-state index contributed by atoms with van der Waals surface area (Å²) in [6, 6.07) is 21.4. The minimum atomic E-state index is 0.952. The first-order valence-corrected chi connectivity index (χ1v) is 6.88. The van der Waals surface area contributed by atoms with Crippen molar-refractivity contribution in [3.05, 3.63) is 66.2 Å². The molecule has 0 spiro atoms. The van der Waals surface area contributed by atoms with Crippen molar-refractivity contribution in [3.8, 4) is 0 Å². The van der Waals surface area contributed by atoms with E-state index >= 15 is 0 Å². The van der Waals surface area contributed by atoms with Crippen LogP contribution in [0.3, 0.4) is 0 Å². The fraction of sp³-hybridized carbons (Fsp3) is 0.125. The summed E-state index contributed by atoms with van der Waals surface area (Å²) in [6.45, 7) is 0.952. The third kappa shape index (κ3) is 2.24. The molecule has 0 radical (unpaired) electrons. The Labute approximate surface area is 111 Å². The quantitative estimate of drug-likeness (QED) is 0.662. The lowest BCUT2D eigenvalue weighted by Crippen LogP contribution is -2.14. The van der Waals surface area contributed by atoms with Gasteiger partial charge in [-0.1, -0.05) is 48.5 Å². The predicted molar refractivity (Wildman–Crippen MR) is 80.4 cm³/mol. The summed E-state index contributed by atoms with van der Waals surface area (Å²) in [6.07, 6.45) is 0. The highest BCUT2D eigenvalue weighted by Crippen LogP contribution is 2.32. The van der Waals surface area contributed by atoms with Gasteiger partial charge in [0.1, 0.15) is 0 Å². The molecule has 90 valence electrons. The minimum Gasteiger partial charge on any atom is -0.362 e. The number of hydrogen-bond donors (Lipinski definition) is 0. The van der Waals surface area contributed by atoms with E-state index in [1.165, 1.54) is 20.7 Å². The van der Waals surface area contributed by atoms with E-state index in [9.17, 15) is 0 Å². The summed E-state index contributed by atoms with van der Waals surface area (Å²) in [7, 11) is 2.15. The molecule has 0 amide bonds. The van der Waals surface area contributed by atoms with E-state index in [2.05, 4.69) is 72.6 Å². The molecule has 3 aromatic rings. The average molecular weight is 253 g/mol. The van der Waals surface area contributed by atoms with Gasteiger partial charge in [-0.3, -0.25) is 0 Å². The molecule has 1 nitrogen and oxygen atoms in total. The molecule has 0 atom stereocenters. The van der Waals surface area contributed by atoms with Crippen molar-refractivity contribution in [1.82, 2.24) is 0 Å². The van der Waals surface area contributed by atoms with Gasteiger partial charge in [0.05, 0.1) is 5.00 Å². The second-order valence-corrected chi connectivity index (χ2v) is 5.53. The van der Waals surface area contributed by atoms with Crippen molar-refractivity contribution in [3.63, 3.8) is 0 Å². The molecule has 0 aliphatic heterocycles. The van der Waals surface area contributed by atoms with Gasteiger partial charge in [-0.25, -0.2) is 0 Å². The van der Waals surface area contributed by atoms with Crippen LogP contribution >= 0.6 is 11.3 Å². The number of benzene rings is 2. The predicted octanol–water partition coefficient (Wildman–Crippen LogP) is 4.54. The molecule has 18 heavy (non-hydrogen) atoms. The zero-order chi connectivity index (χ0) is 12.4. The summed E-state index contributed by atoms with van der Waals surface area (Å²) < 4.78 is 1.35. The van der Waals surface area contributed by atoms with Gasteiger partial charge in [-0.15, -0.1) is 11.3 Å². The van der Waals surface area contributed by atoms with Crippen molar-refractivity contribution in [1.29, 1.82) is 0 Å². The number of fused-ring (bicyclic) bond motifs is 1. The number of nitrogens with zero attached hydrogens (tertiary/aromatic N) is 1. The van der Waals surface area contributed by atoms with E-state index in [1.54, 1.807) is 0 Å². The van der Waals surface area contributed by atoms with Gasteiger partial charge in [0.2, 0.25) is 0 Å². The van der Waals surface area contributed by atoms with E-state index in [1.807, 2.05) is 11.3 Å². The Bertz CT molecular complexity index is 609.